The van der Waals surface area contributed by atoms with Crippen LogP contribution < -0.4 is 5.32 Å². The summed E-state index contributed by atoms with van der Waals surface area (Å²) in [5.41, 5.74) is 0. The highest BCUT2D eigenvalue weighted by Crippen LogP contribution is 2.27. The zero-order chi connectivity index (χ0) is 11.4. The van der Waals surface area contributed by atoms with Gasteiger partial charge in [-0.15, -0.1) is 0 Å². The quantitative estimate of drug-likeness (QED) is 0.851. The summed E-state index contributed by atoms with van der Waals surface area (Å²) in [6.45, 7) is 0.218. The van der Waals surface area contributed by atoms with Gasteiger partial charge in [0.2, 0.25) is 0 Å². The molecule has 0 aromatic carbocycles. The summed E-state index contributed by atoms with van der Waals surface area (Å²) in [5, 5.41) is 13.0. The van der Waals surface area contributed by atoms with E-state index in [0.717, 1.165) is 12.8 Å². The van der Waals surface area contributed by atoms with Crippen LogP contribution in [0.3, 0.4) is 0 Å². The highest BCUT2D eigenvalue weighted by molar-refractivity contribution is 6.31. The monoisotopic (exact) mass is 241 g/mol. The minimum Gasteiger partial charge on any atom is -0.396 e. The van der Waals surface area contributed by atoms with E-state index in [2.05, 4.69) is 15.3 Å². The number of nitrogens with one attached hydrogen (secondary N) is 1. The van der Waals surface area contributed by atoms with Gasteiger partial charge in [-0.1, -0.05) is 24.4 Å². The molecule has 0 radical (unpaired) electrons. The summed E-state index contributed by atoms with van der Waals surface area (Å²) >= 11 is 5.94. The van der Waals surface area contributed by atoms with Crippen molar-refractivity contribution in [2.24, 2.45) is 5.92 Å². The van der Waals surface area contributed by atoms with Gasteiger partial charge >= 0.3 is 0 Å². The van der Waals surface area contributed by atoms with Crippen LogP contribution in [0, 0.1) is 5.92 Å². The molecule has 0 saturated heterocycles. The maximum atomic E-state index is 9.30. The van der Waals surface area contributed by atoms with Crippen LogP contribution in [-0.4, -0.2) is 27.7 Å². The second-order valence-corrected chi connectivity index (χ2v) is 4.53. The van der Waals surface area contributed by atoms with Gasteiger partial charge in [-0.3, -0.25) is 0 Å². The van der Waals surface area contributed by atoms with Crippen molar-refractivity contribution in [3.05, 3.63) is 17.5 Å². The van der Waals surface area contributed by atoms with Crippen LogP contribution in [0.1, 0.15) is 25.7 Å². The second-order valence-electron chi connectivity index (χ2n) is 4.17. The summed E-state index contributed by atoms with van der Waals surface area (Å²) < 4.78 is 0. The van der Waals surface area contributed by atoms with Crippen LogP contribution in [0.5, 0.6) is 0 Å². The minimum atomic E-state index is 0.218. The van der Waals surface area contributed by atoms with Crippen molar-refractivity contribution in [1.29, 1.82) is 0 Å². The van der Waals surface area contributed by atoms with Gasteiger partial charge in [-0.05, 0) is 12.8 Å². The van der Waals surface area contributed by atoms with Crippen molar-refractivity contribution in [1.82, 2.24) is 9.97 Å². The molecule has 1 fully saturated rings. The Balaban J connectivity index is 2.05. The fourth-order valence-corrected chi connectivity index (χ4v) is 2.37. The van der Waals surface area contributed by atoms with E-state index in [4.69, 9.17) is 11.6 Å². The predicted molar refractivity (Wildman–Crippen MR) is 63.5 cm³/mol. The first-order chi connectivity index (χ1) is 7.81. The lowest BCUT2D eigenvalue weighted by molar-refractivity contribution is 0.178. The standard InChI is InChI=1S/C11H16ClN3O/c12-10-11(14-6-5-13-10)15-9-4-2-1-3-8(9)7-16/h5-6,8-9,16H,1-4,7H2,(H,14,15). The van der Waals surface area contributed by atoms with E-state index in [1.165, 1.54) is 12.8 Å². The summed E-state index contributed by atoms with van der Waals surface area (Å²) in [4.78, 5) is 8.13. The Labute approximate surface area is 100 Å². The first-order valence-electron chi connectivity index (χ1n) is 5.65. The number of aliphatic hydroxyl groups excluding tert-OH is 1. The van der Waals surface area contributed by atoms with Gasteiger partial charge in [-0.2, -0.15) is 0 Å². The molecule has 1 aliphatic carbocycles. The van der Waals surface area contributed by atoms with Gasteiger partial charge in [0.1, 0.15) is 0 Å². The smallest absolute Gasteiger partial charge is 0.171 e. The average molecular weight is 242 g/mol. The van der Waals surface area contributed by atoms with E-state index in [1.807, 2.05) is 0 Å². The molecule has 4 nitrogen and oxygen atoms in total. The average Bonchev–Trinajstić information content (AvgIpc) is 2.33. The van der Waals surface area contributed by atoms with Crippen molar-refractivity contribution in [2.45, 2.75) is 31.7 Å². The number of hydrogen-bond donors (Lipinski definition) is 2. The molecule has 2 atom stereocenters. The fourth-order valence-electron chi connectivity index (χ4n) is 2.21. The topological polar surface area (TPSA) is 58.0 Å². The molecular formula is C11H16ClN3O. The van der Waals surface area contributed by atoms with E-state index >= 15 is 0 Å². The fraction of sp³-hybridized carbons (Fsp3) is 0.636. The van der Waals surface area contributed by atoms with Crippen LogP contribution in [0.2, 0.25) is 5.15 Å². The Morgan fingerprint density at radius 1 is 1.31 bits per heavy atom. The summed E-state index contributed by atoms with van der Waals surface area (Å²) in [6, 6.07) is 0.257. The zero-order valence-electron chi connectivity index (χ0n) is 9.06. The van der Waals surface area contributed by atoms with Gasteiger partial charge in [0.05, 0.1) is 0 Å². The van der Waals surface area contributed by atoms with Crippen LogP contribution >= 0.6 is 11.6 Å². The normalized spacial score (nSPS) is 25.4. The first-order valence-corrected chi connectivity index (χ1v) is 6.03. The van der Waals surface area contributed by atoms with E-state index < -0.39 is 0 Å². The van der Waals surface area contributed by atoms with Crippen molar-refractivity contribution in [3.8, 4) is 0 Å². The molecule has 0 spiro atoms. The minimum absolute atomic E-state index is 0.218. The van der Waals surface area contributed by atoms with E-state index in [0.29, 0.717) is 16.9 Å². The summed E-state index contributed by atoms with van der Waals surface area (Å²) in [5.74, 6) is 0.918. The molecule has 88 valence electrons. The maximum absolute atomic E-state index is 9.30. The highest BCUT2D eigenvalue weighted by Gasteiger charge is 2.25. The van der Waals surface area contributed by atoms with Gasteiger partial charge in [0.25, 0.3) is 0 Å². The van der Waals surface area contributed by atoms with Crippen molar-refractivity contribution in [3.63, 3.8) is 0 Å². The SMILES string of the molecule is OCC1CCCCC1Nc1nccnc1Cl. The Bertz CT molecular complexity index is 348. The van der Waals surface area contributed by atoms with Crippen molar-refractivity contribution >= 4 is 17.4 Å². The lowest BCUT2D eigenvalue weighted by Gasteiger charge is -2.31. The lowest BCUT2D eigenvalue weighted by Crippen LogP contribution is -2.34. The third-order valence-corrected chi connectivity index (χ3v) is 3.40. The van der Waals surface area contributed by atoms with Crippen LogP contribution in [0.25, 0.3) is 0 Å². The van der Waals surface area contributed by atoms with Crippen LogP contribution in [0.4, 0.5) is 5.82 Å². The van der Waals surface area contributed by atoms with Gasteiger partial charge in [-0.25, -0.2) is 9.97 Å². The molecule has 1 saturated carbocycles. The summed E-state index contributed by atoms with van der Waals surface area (Å²) in [7, 11) is 0. The largest absolute Gasteiger partial charge is 0.396 e. The Morgan fingerprint density at radius 2 is 2.06 bits per heavy atom. The third kappa shape index (κ3) is 2.62. The Kier molecular flexibility index (Phi) is 3.96. The molecule has 2 rings (SSSR count). The number of aliphatic hydroxyl groups is 1. The second kappa shape index (κ2) is 5.46. The van der Waals surface area contributed by atoms with Gasteiger partial charge in [0, 0.05) is 31.0 Å². The number of hydrogen-bond acceptors (Lipinski definition) is 4. The molecule has 0 aliphatic heterocycles. The number of anilines is 1. The summed E-state index contributed by atoms with van der Waals surface area (Å²) in [6.07, 6.45) is 7.68. The Hall–Kier alpha value is -0.870. The van der Waals surface area contributed by atoms with E-state index in [1.54, 1.807) is 12.4 Å². The molecular weight excluding hydrogens is 226 g/mol. The number of halogens is 1. The van der Waals surface area contributed by atoms with E-state index in [9.17, 15) is 5.11 Å². The molecule has 1 aliphatic rings. The zero-order valence-corrected chi connectivity index (χ0v) is 9.82. The molecule has 2 unspecified atom stereocenters. The van der Waals surface area contributed by atoms with E-state index in [-0.39, 0.29) is 12.6 Å². The molecule has 0 amide bonds. The predicted octanol–water partition coefficient (Wildman–Crippen LogP) is 2.09. The molecule has 2 N–H and O–H groups in total. The van der Waals surface area contributed by atoms with Crippen LogP contribution in [-0.2, 0) is 0 Å². The molecule has 16 heavy (non-hydrogen) atoms. The molecule has 1 heterocycles. The highest BCUT2D eigenvalue weighted by atomic mass is 35.5. The molecule has 0 bridgehead atoms. The van der Waals surface area contributed by atoms with Crippen LogP contribution in [0.15, 0.2) is 12.4 Å². The molecule has 1 aromatic heterocycles. The first kappa shape index (κ1) is 11.6. The Morgan fingerprint density at radius 3 is 2.81 bits per heavy atom. The number of rotatable bonds is 3. The third-order valence-electron chi connectivity index (χ3n) is 3.12. The number of nitrogens with zero attached hydrogens (tertiary/aromatic N) is 2. The number of aromatic nitrogens is 2. The molecule has 1 aromatic rings. The van der Waals surface area contributed by atoms with Gasteiger partial charge in [0.15, 0.2) is 11.0 Å². The maximum Gasteiger partial charge on any atom is 0.171 e. The van der Waals surface area contributed by atoms with Crippen molar-refractivity contribution < 1.29 is 5.11 Å². The van der Waals surface area contributed by atoms with Gasteiger partial charge < -0.3 is 10.4 Å². The lowest BCUT2D eigenvalue weighted by atomic mass is 9.85. The molecule has 5 heteroatoms. The van der Waals surface area contributed by atoms with Crippen molar-refractivity contribution in [2.75, 3.05) is 11.9 Å².